The van der Waals surface area contributed by atoms with E-state index >= 15 is 0 Å². The van der Waals surface area contributed by atoms with Crippen molar-refractivity contribution in [2.75, 3.05) is 33.2 Å². The van der Waals surface area contributed by atoms with Crippen LogP contribution in [-0.2, 0) is 11.3 Å². The topological polar surface area (TPSA) is 66.7 Å². The predicted molar refractivity (Wildman–Crippen MR) is 140 cm³/mol. The van der Waals surface area contributed by atoms with Crippen LogP contribution < -0.4 is 10.6 Å². The zero-order chi connectivity index (χ0) is 21.7. The normalized spacial score (nSPS) is 20.5. The summed E-state index contributed by atoms with van der Waals surface area (Å²) in [7, 11) is 1.83. The van der Waals surface area contributed by atoms with Crippen LogP contribution in [0.25, 0.3) is 11.0 Å². The largest absolute Gasteiger partial charge is 0.373 e. The molecule has 31 heavy (non-hydrogen) atoms. The molecule has 0 amide bonds. The van der Waals surface area contributed by atoms with Gasteiger partial charge in [-0.25, -0.2) is 4.98 Å². The standard InChI is InChI=1S/C23H38N6O.HI/c1-17-14-28(15-18(2)30-17)23(4,5)16-26-22(24-6)25-12-9-13-29-19(3)27-20-10-7-8-11-21(20)29;/h7-8,10-11,17-18H,9,12-16H2,1-6H3,(H2,24,25,26);1H. The first-order valence-electron chi connectivity index (χ1n) is 11.1. The molecule has 2 heterocycles. The van der Waals surface area contributed by atoms with E-state index in [2.05, 4.69) is 82.9 Å². The van der Waals surface area contributed by atoms with E-state index < -0.39 is 0 Å². The van der Waals surface area contributed by atoms with Gasteiger partial charge in [0.25, 0.3) is 0 Å². The monoisotopic (exact) mass is 542 g/mol. The first-order valence-corrected chi connectivity index (χ1v) is 11.1. The molecule has 2 N–H and O–H groups in total. The summed E-state index contributed by atoms with van der Waals surface area (Å²) < 4.78 is 8.17. The number of aliphatic imine (C=N–C) groups is 1. The summed E-state index contributed by atoms with van der Waals surface area (Å²) in [5.74, 6) is 1.92. The summed E-state index contributed by atoms with van der Waals surface area (Å²) in [6.45, 7) is 15.5. The van der Waals surface area contributed by atoms with Crippen LogP contribution in [0, 0.1) is 6.92 Å². The number of aryl methyl sites for hydroxylation is 2. The van der Waals surface area contributed by atoms with Gasteiger partial charge in [0.15, 0.2) is 5.96 Å². The minimum Gasteiger partial charge on any atom is -0.373 e. The Bertz CT molecular complexity index is 855. The number of fused-ring (bicyclic) bond motifs is 1. The van der Waals surface area contributed by atoms with E-state index in [9.17, 15) is 0 Å². The van der Waals surface area contributed by atoms with Gasteiger partial charge >= 0.3 is 0 Å². The van der Waals surface area contributed by atoms with E-state index in [1.165, 1.54) is 5.52 Å². The van der Waals surface area contributed by atoms with Crippen LogP contribution in [0.15, 0.2) is 29.3 Å². The van der Waals surface area contributed by atoms with Gasteiger partial charge in [-0.3, -0.25) is 9.89 Å². The van der Waals surface area contributed by atoms with Gasteiger partial charge in [0.2, 0.25) is 0 Å². The number of nitrogens with one attached hydrogen (secondary N) is 2. The number of nitrogens with zero attached hydrogens (tertiary/aromatic N) is 4. The van der Waals surface area contributed by atoms with Crippen LogP contribution in [0.3, 0.4) is 0 Å². The Morgan fingerprint density at radius 2 is 1.87 bits per heavy atom. The van der Waals surface area contributed by atoms with Gasteiger partial charge in [0, 0.05) is 45.3 Å². The Hall–Kier alpha value is -1.39. The van der Waals surface area contributed by atoms with Crippen LogP contribution in [0.1, 0.15) is 39.9 Å². The molecule has 1 aromatic carbocycles. The zero-order valence-electron chi connectivity index (χ0n) is 19.8. The first-order chi connectivity index (χ1) is 14.3. The van der Waals surface area contributed by atoms with Crippen LogP contribution >= 0.6 is 24.0 Å². The molecule has 1 saturated heterocycles. The van der Waals surface area contributed by atoms with Gasteiger partial charge in [-0.05, 0) is 53.2 Å². The van der Waals surface area contributed by atoms with Crippen molar-refractivity contribution in [2.45, 2.75) is 65.3 Å². The van der Waals surface area contributed by atoms with Gasteiger partial charge in [-0.2, -0.15) is 0 Å². The molecule has 0 aliphatic carbocycles. The third-order valence-corrected chi connectivity index (χ3v) is 5.88. The molecule has 2 aromatic rings. The number of hydrogen-bond acceptors (Lipinski definition) is 4. The number of hydrogen-bond donors (Lipinski definition) is 2. The van der Waals surface area contributed by atoms with Crippen LogP contribution in [0.4, 0.5) is 0 Å². The van der Waals surface area contributed by atoms with Crippen molar-refractivity contribution < 1.29 is 4.74 Å². The van der Waals surface area contributed by atoms with Gasteiger partial charge in [0.1, 0.15) is 5.82 Å². The number of benzene rings is 1. The van der Waals surface area contributed by atoms with Gasteiger partial charge < -0.3 is 19.9 Å². The second kappa shape index (κ2) is 11.5. The molecule has 2 atom stereocenters. The van der Waals surface area contributed by atoms with Crippen LogP contribution in [-0.4, -0.2) is 71.4 Å². The quantitative estimate of drug-likeness (QED) is 0.243. The Balaban J connectivity index is 0.00000341. The molecule has 174 valence electrons. The second-order valence-electron chi connectivity index (χ2n) is 8.98. The zero-order valence-corrected chi connectivity index (χ0v) is 22.1. The number of imidazole rings is 1. The SMILES string of the molecule is CN=C(NCCCn1c(C)nc2ccccc21)NCC(C)(C)N1CC(C)OC(C)C1.I. The van der Waals surface area contributed by atoms with Crippen molar-refractivity contribution >= 4 is 41.0 Å². The van der Waals surface area contributed by atoms with Crippen molar-refractivity contribution in [1.29, 1.82) is 0 Å². The van der Waals surface area contributed by atoms with E-state index in [0.717, 1.165) is 56.4 Å². The number of aromatic nitrogens is 2. The average Bonchev–Trinajstić information content (AvgIpc) is 3.02. The fourth-order valence-corrected chi connectivity index (χ4v) is 4.23. The molecule has 0 spiro atoms. The summed E-state index contributed by atoms with van der Waals surface area (Å²) in [5, 5.41) is 6.96. The summed E-state index contributed by atoms with van der Waals surface area (Å²) in [6.07, 6.45) is 1.55. The van der Waals surface area contributed by atoms with E-state index in [-0.39, 0.29) is 41.7 Å². The fraction of sp³-hybridized carbons (Fsp3) is 0.652. The van der Waals surface area contributed by atoms with Crippen LogP contribution in [0.2, 0.25) is 0 Å². The lowest BCUT2D eigenvalue weighted by Gasteiger charge is -2.45. The summed E-state index contributed by atoms with van der Waals surface area (Å²) in [5.41, 5.74) is 2.29. The Morgan fingerprint density at radius 1 is 1.19 bits per heavy atom. The molecule has 8 heteroatoms. The minimum atomic E-state index is 0. The Kier molecular flexibility index (Phi) is 9.57. The molecule has 7 nitrogen and oxygen atoms in total. The molecule has 1 aliphatic heterocycles. The average molecular weight is 543 g/mol. The highest BCUT2D eigenvalue weighted by molar-refractivity contribution is 14.0. The molecule has 1 aromatic heterocycles. The minimum absolute atomic E-state index is 0. The van der Waals surface area contributed by atoms with Gasteiger partial charge in [-0.1, -0.05) is 12.1 Å². The Morgan fingerprint density at radius 3 is 2.55 bits per heavy atom. The highest BCUT2D eigenvalue weighted by Crippen LogP contribution is 2.20. The van der Waals surface area contributed by atoms with Crippen molar-refractivity contribution in [3.8, 4) is 0 Å². The number of guanidine groups is 1. The third-order valence-electron chi connectivity index (χ3n) is 5.88. The van der Waals surface area contributed by atoms with Crippen molar-refractivity contribution in [3.05, 3.63) is 30.1 Å². The molecule has 2 unspecified atom stereocenters. The Labute approximate surface area is 204 Å². The summed E-state index contributed by atoms with van der Waals surface area (Å²) in [6, 6.07) is 8.32. The highest BCUT2D eigenvalue weighted by Gasteiger charge is 2.33. The molecular weight excluding hydrogens is 503 g/mol. The first kappa shape index (κ1) is 25.9. The lowest BCUT2D eigenvalue weighted by atomic mass is 10.00. The van der Waals surface area contributed by atoms with Crippen molar-refractivity contribution in [2.24, 2.45) is 4.99 Å². The smallest absolute Gasteiger partial charge is 0.191 e. The third kappa shape index (κ3) is 6.79. The molecule has 3 rings (SSSR count). The summed E-state index contributed by atoms with van der Waals surface area (Å²) >= 11 is 0. The predicted octanol–water partition coefficient (Wildman–Crippen LogP) is 3.41. The molecule has 1 aliphatic rings. The number of halogens is 1. The molecule has 0 bridgehead atoms. The van der Waals surface area contributed by atoms with E-state index in [4.69, 9.17) is 4.74 Å². The number of morpholine rings is 1. The van der Waals surface area contributed by atoms with Crippen LogP contribution in [0.5, 0.6) is 0 Å². The number of para-hydroxylation sites is 2. The van der Waals surface area contributed by atoms with Gasteiger partial charge in [-0.15, -0.1) is 24.0 Å². The maximum absolute atomic E-state index is 5.88. The molecular formula is C23H39IN6O. The lowest BCUT2D eigenvalue weighted by Crippen LogP contribution is -2.59. The maximum Gasteiger partial charge on any atom is 0.191 e. The molecule has 1 fully saturated rings. The van der Waals surface area contributed by atoms with E-state index in [0.29, 0.717) is 0 Å². The number of ether oxygens (including phenoxy) is 1. The van der Waals surface area contributed by atoms with E-state index in [1.807, 2.05) is 13.1 Å². The highest BCUT2D eigenvalue weighted by atomic mass is 127. The fourth-order valence-electron chi connectivity index (χ4n) is 4.23. The molecule has 0 saturated carbocycles. The molecule has 0 radical (unpaired) electrons. The second-order valence-corrected chi connectivity index (χ2v) is 8.98. The maximum atomic E-state index is 5.88. The lowest BCUT2D eigenvalue weighted by molar-refractivity contribution is -0.0946. The van der Waals surface area contributed by atoms with E-state index in [1.54, 1.807) is 0 Å². The number of rotatable bonds is 7. The summed E-state index contributed by atoms with van der Waals surface area (Å²) in [4.78, 5) is 11.6. The van der Waals surface area contributed by atoms with Crippen molar-refractivity contribution in [1.82, 2.24) is 25.1 Å². The van der Waals surface area contributed by atoms with Crippen molar-refractivity contribution in [3.63, 3.8) is 0 Å². The van der Waals surface area contributed by atoms with Gasteiger partial charge in [0.05, 0.1) is 23.2 Å².